The van der Waals surface area contributed by atoms with Crippen LogP contribution in [0.2, 0.25) is 0 Å². The lowest BCUT2D eigenvalue weighted by Crippen LogP contribution is -2.23. The highest BCUT2D eigenvalue weighted by atomic mass is 16.5. The van der Waals surface area contributed by atoms with Crippen LogP contribution < -0.4 is 19.5 Å². The number of amides is 1. The summed E-state index contributed by atoms with van der Waals surface area (Å²) in [5, 5.41) is 2.87. The molecule has 0 aromatic heterocycles. The van der Waals surface area contributed by atoms with Crippen molar-refractivity contribution in [3.05, 3.63) is 59.7 Å². The molecule has 0 aliphatic rings. The highest BCUT2D eigenvalue weighted by molar-refractivity contribution is 5.91. The smallest absolute Gasteiger partial charge is 0.244 e. The molecule has 25 heavy (non-hydrogen) atoms. The zero-order valence-corrected chi connectivity index (χ0v) is 14.7. The summed E-state index contributed by atoms with van der Waals surface area (Å²) in [6.07, 6.45) is 4.00. The maximum atomic E-state index is 11.9. The minimum Gasteiger partial charge on any atom is -0.497 e. The second-order valence-electron chi connectivity index (χ2n) is 5.34. The van der Waals surface area contributed by atoms with E-state index in [1.54, 1.807) is 27.4 Å². The largest absolute Gasteiger partial charge is 0.497 e. The fourth-order valence-corrected chi connectivity index (χ4v) is 2.31. The number of carbonyl (C=O) groups excluding carboxylic acids is 1. The van der Waals surface area contributed by atoms with Crippen LogP contribution in [0.4, 0.5) is 0 Å². The Morgan fingerprint density at radius 2 is 1.68 bits per heavy atom. The number of methoxy groups -OCH3 is 3. The van der Waals surface area contributed by atoms with Gasteiger partial charge >= 0.3 is 0 Å². The first-order valence-electron chi connectivity index (χ1n) is 7.97. The molecule has 0 saturated heterocycles. The molecule has 0 bridgehead atoms. The summed E-state index contributed by atoms with van der Waals surface area (Å²) in [7, 11) is 4.83. The Labute approximate surface area is 148 Å². The summed E-state index contributed by atoms with van der Waals surface area (Å²) >= 11 is 0. The van der Waals surface area contributed by atoms with Gasteiger partial charge < -0.3 is 19.5 Å². The highest BCUT2D eigenvalue weighted by Crippen LogP contribution is 2.27. The molecule has 0 radical (unpaired) electrons. The van der Waals surface area contributed by atoms with Gasteiger partial charge in [-0.15, -0.1) is 0 Å². The van der Waals surface area contributed by atoms with Crippen LogP contribution in [0.3, 0.4) is 0 Å². The average molecular weight is 341 g/mol. The van der Waals surface area contributed by atoms with E-state index in [4.69, 9.17) is 14.2 Å². The summed E-state index contributed by atoms with van der Waals surface area (Å²) in [6.45, 7) is 0.543. The molecule has 5 nitrogen and oxygen atoms in total. The zero-order valence-electron chi connectivity index (χ0n) is 14.7. The van der Waals surface area contributed by atoms with Crippen molar-refractivity contribution in [2.45, 2.75) is 6.42 Å². The Hall–Kier alpha value is -2.95. The van der Waals surface area contributed by atoms with Crippen molar-refractivity contribution in [2.75, 3.05) is 27.9 Å². The highest BCUT2D eigenvalue weighted by Gasteiger charge is 2.04. The van der Waals surface area contributed by atoms with E-state index < -0.39 is 0 Å². The third-order valence-corrected chi connectivity index (χ3v) is 3.70. The van der Waals surface area contributed by atoms with Gasteiger partial charge in [-0.3, -0.25) is 4.79 Å². The molecule has 0 aliphatic heterocycles. The van der Waals surface area contributed by atoms with Gasteiger partial charge in [0.1, 0.15) is 5.75 Å². The molecule has 2 rings (SSSR count). The lowest BCUT2D eigenvalue weighted by atomic mass is 10.1. The molecule has 132 valence electrons. The second-order valence-corrected chi connectivity index (χ2v) is 5.34. The quantitative estimate of drug-likeness (QED) is 0.750. The Morgan fingerprint density at radius 1 is 0.960 bits per heavy atom. The molecular weight excluding hydrogens is 318 g/mol. The second kappa shape index (κ2) is 9.37. The third-order valence-electron chi connectivity index (χ3n) is 3.70. The van der Waals surface area contributed by atoms with Gasteiger partial charge in [0.25, 0.3) is 0 Å². The number of benzene rings is 2. The van der Waals surface area contributed by atoms with Crippen LogP contribution in [0.1, 0.15) is 11.1 Å². The van der Waals surface area contributed by atoms with Crippen LogP contribution >= 0.6 is 0 Å². The molecular formula is C20H23NO4. The Kier molecular flexibility index (Phi) is 6.89. The van der Waals surface area contributed by atoms with Gasteiger partial charge in [-0.1, -0.05) is 18.2 Å². The fourth-order valence-electron chi connectivity index (χ4n) is 2.31. The molecule has 5 heteroatoms. The summed E-state index contributed by atoms with van der Waals surface area (Å²) in [6, 6.07) is 13.2. The topological polar surface area (TPSA) is 56.8 Å². The standard InChI is InChI=1S/C20H23NO4/c1-23-17-8-4-15(5-9-17)7-11-20(22)21-13-12-16-6-10-18(24-2)19(14-16)25-3/h4-11,14H,12-13H2,1-3H3,(H,21,22). The number of nitrogens with one attached hydrogen (secondary N) is 1. The number of hydrogen-bond acceptors (Lipinski definition) is 4. The van der Waals surface area contributed by atoms with E-state index in [0.717, 1.165) is 16.9 Å². The van der Waals surface area contributed by atoms with E-state index in [9.17, 15) is 4.79 Å². The molecule has 2 aromatic carbocycles. The van der Waals surface area contributed by atoms with Crippen molar-refractivity contribution < 1.29 is 19.0 Å². The summed E-state index contributed by atoms with van der Waals surface area (Å²) in [4.78, 5) is 11.9. The lowest BCUT2D eigenvalue weighted by Gasteiger charge is -2.09. The molecule has 0 atom stereocenters. The van der Waals surface area contributed by atoms with Crippen LogP contribution in [-0.4, -0.2) is 33.8 Å². The first-order valence-corrected chi connectivity index (χ1v) is 7.97. The maximum Gasteiger partial charge on any atom is 0.244 e. The van der Waals surface area contributed by atoms with Crippen LogP contribution in [0.5, 0.6) is 17.2 Å². The molecule has 0 saturated carbocycles. The van der Waals surface area contributed by atoms with Crippen LogP contribution in [0, 0.1) is 0 Å². The monoisotopic (exact) mass is 341 g/mol. The van der Waals surface area contributed by atoms with Crippen molar-refractivity contribution in [3.63, 3.8) is 0 Å². The lowest BCUT2D eigenvalue weighted by molar-refractivity contribution is -0.116. The van der Waals surface area contributed by atoms with Crippen LogP contribution in [0.25, 0.3) is 6.08 Å². The minimum absolute atomic E-state index is 0.128. The third kappa shape index (κ3) is 5.57. The average Bonchev–Trinajstić information content (AvgIpc) is 2.66. The minimum atomic E-state index is -0.128. The molecule has 0 aliphatic carbocycles. The number of ether oxygens (including phenoxy) is 3. The van der Waals surface area contributed by atoms with Crippen molar-refractivity contribution in [1.29, 1.82) is 0 Å². The predicted molar refractivity (Wildman–Crippen MR) is 98.3 cm³/mol. The first kappa shape index (κ1) is 18.4. The van der Waals surface area contributed by atoms with E-state index in [1.165, 1.54) is 6.08 Å². The first-order chi connectivity index (χ1) is 12.2. The summed E-state index contributed by atoms with van der Waals surface area (Å²) in [5.74, 6) is 2.04. The van der Waals surface area contributed by atoms with E-state index in [-0.39, 0.29) is 5.91 Å². The van der Waals surface area contributed by atoms with Crippen molar-refractivity contribution in [1.82, 2.24) is 5.32 Å². The molecule has 0 fully saturated rings. The zero-order chi connectivity index (χ0) is 18.1. The molecule has 1 N–H and O–H groups in total. The SMILES string of the molecule is COc1ccc(C=CC(=O)NCCc2ccc(OC)c(OC)c2)cc1. The number of carbonyl (C=O) groups is 1. The van der Waals surface area contributed by atoms with Crippen molar-refractivity contribution in [2.24, 2.45) is 0 Å². The van der Waals surface area contributed by atoms with E-state index in [1.807, 2.05) is 42.5 Å². The van der Waals surface area contributed by atoms with Gasteiger partial charge in [0.2, 0.25) is 5.91 Å². The Bertz CT molecular complexity index is 723. The van der Waals surface area contributed by atoms with Crippen molar-refractivity contribution in [3.8, 4) is 17.2 Å². The van der Waals surface area contributed by atoms with E-state index >= 15 is 0 Å². The van der Waals surface area contributed by atoms with Crippen LogP contribution in [0.15, 0.2) is 48.5 Å². The molecule has 0 unspecified atom stereocenters. The van der Waals surface area contributed by atoms with Gasteiger partial charge in [0.15, 0.2) is 11.5 Å². The summed E-state index contributed by atoms with van der Waals surface area (Å²) in [5.41, 5.74) is 2.01. The van der Waals surface area contributed by atoms with E-state index in [0.29, 0.717) is 24.5 Å². The van der Waals surface area contributed by atoms with Crippen molar-refractivity contribution >= 4 is 12.0 Å². The maximum absolute atomic E-state index is 11.9. The van der Waals surface area contributed by atoms with E-state index in [2.05, 4.69) is 5.32 Å². The van der Waals surface area contributed by atoms with Gasteiger partial charge in [0.05, 0.1) is 21.3 Å². The predicted octanol–water partition coefficient (Wildman–Crippen LogP) is 3.08. The van der Waals surface area contributed by atoms with Gasteiger partial charge in [0, 0.05) is 12.6 Å². The van der Waals surface area contributed by atoms with Gasteiger partial charge in [-0.25, -0.2) is 0 Å². The Balaban J connectivity index is 1.82. The molecule has 2 aromatic rings. The molecule has 0 spiro atoms. The fraction of sp³-hybridized carbons (Fsp3) is 0.250. The Morgan fingerprint density at radius 3 is 2.32 bits per heavy atom. The summed E-state index contributed by atoms with van der Waals surface area (Å²) < 4.78 is 15.6. The molecule has 0 heterocycles. The normalized spacial score (nSPS) is 10.5. The number of rotatable bonds is 8. The van der Waals surface area contributed by atoms with Gasteiger partial charge in [-0.2, -0.15) is 0 Å². The van der Waals surface area contributed by atoms with Crippen LogP contribution in [-0.2, 0) is 11.2 Å². The van der Waals surface area contributed by atoms with Gasteiger partial charge in [-0.05, 0) is 47.9 Å². The molecule has 1 amide bonds. The number of hydrogen-bond donors (Lipinski definition) is 1.